The van der Waals surface area contributed by atoms with Crippen LogP contribution in [0.25, 0.3) is 0 Å². The molecule has 2 spiro atoms. The van der Waals surface area contributed by atoms with Crippen molar-refractivity contribution in [3.05, 3.63) is 35.9 Å². The Bertz CT molecular complexity index is 1100. The third-order valence-electron chi connectivity index (χ3n) is 11.9. The van der Waals surface area contributed by atoms with E-state index in [1.165, 1.54) is 30.5 Å². The number of hydrogen-bond donors (Lipinski definition) is 2. The van der Waals surface area contributed by atoms with E-state index in [-0.39, 0.29) is 34.0 Å². The zero-order valence-electron chi connectivity index (χ0n) is 23.8. The summed E-state index contributed by atoms with van der Waals surface area (Å²) in [6, 6.07) is 4.46. The summed E-state index contributed by atoms with van der Waals surface area (Å²) in [4.78, 5) is 2.82. The number of hydrogen-bond acceptors (Lipinski definition) is 5. The molecule has 204 valence electrons. The third-order valence-corrected chi connectivity index (χ3v) is 11.9. The summed E-state index contributed by atoms with van der Waals surface area (Å²) >= 11 is 0. The van der Waals surface area contributed by atoms with E-state index < -0.39 is 11.2 Å². The second kappa shape index (κ2) is 7.99. The lowest BCUT2D eigenvalue weighted by Crippen LogP contribution is -2.83. The van der Waals surface area contributed by atoms with Crippen molar-refractivity contribution in [3.8, 4) is 11.5 Å². The lowest BCUT2D eigenvalue weighted by Gasteiger charge is -2.75. The Hall–Kier alpha value is -1.56. The van der Waals surface area contributed by atoms with Crippen LogP contribution in [-0.4, -0.2) is 58.7 Å². The normalized spacial score (nSPS) is 40.7. The van der Waals surface area contributed by atoms with Crippen LogP contribution in [0.2, 0.25) is 0 Å². The van der Waals surface area contributed by atoms with Gasteiger partial charge in [0.1, 0.15) is 11.7 Å². The van der Waals surface area contributed by atoms with E-state index >= 15 is 0 Å². The molecular weight excluding hydrogens is 462 g/mol. The van der Waals surface area contributed by atoms with Crippen molar-refractivity contribution < 1.29 is 19.7 Å². The summed E-state index contributed by atoms with van der Waals surface area (Å²) in [5.41, 5.74) is 0.783. The van der Waals surface area contributed by atoms with E-state index in [9.17, 15) is 10.2 Å². The molecule has 4 bridgehead atoms. The first-order chi connectivity index (χ1) is 17.4. The van der Waals surface area contributed by atoms with Gasteiger partial charge in [-0.15, -0.1) is 6.58 Å². The Morgan fingerprint density at radius 1 is 1.19 bits per heavy atom. The lowest BCUT2D eigenvalue weighted by molar-refractivity contribution is -0.312. The lowest BCUT2D eigenvalue weighted by atomic mass is 9.33. The summed E-state index contributed by atoms with van der Waals surface area (Å²) in [6.07, 6.45) is 9.39. The number of benzene rings is 1. The number of phenolic OH excluding ortho intramolecular Hbond substituents is 1. The summed E-state index contributed by atoms with van der Waals surface area (Å²) in [6.45, 7) is 16.1. The molecule has 5 nitrogen and oxygen atoms in total. The van der Waals surface area contributed by atoms with Gasteiger partial charge >= 0.3 is 0 Å². The molecule has 5 fully saturated rings. The number of fused-ring (bicyclic) bond motifs is 2. The maximum absolute atomic E-state index is 12.2. The molecule has 37 heavy (non-hydrogen) atoms. The molecule has 1 aromatic rings. The van der Waals surface area contributed by atoms with Crippen LogP contribution >= 0.6 is 0 Å². The smallest absolute Gasteiger partial charge is 0.165 e. The van der Waals surface area contributed by atoms with Crippen LogP contribution in [0.5, 0.6) is 11.5 Å². The number of allylic oxidation sites excluding steroid dienone is 1. The topological polar surface area (TPSA) is 62.2 Å². The molecule has 0 aromatic heterocycles. The number of aromatic hydroxyl groups is 1. The Morgan fingerprint density at radius 3 is 2.51 bits per heavy atom. The highest BCUT2D eigenvalue weighted by Crippen LogP contribution is 2.78. The standard InChI is InChI=1S/C29H41NO4.C3H6/c1-25(2,3)26(4,32)20-15-27-10-11-29(20,33-5)24-28(27)12-13-30(16-17-6-7-17)21(27)14-18-8-9-19(31)23(34-24)22(18)28;1-3-2/h8-9,17,20-21,24,31-32H,6-7,10-16H2,1-5H3;3H,1H2,2H3/t20-,21-,24-,26+,27-,28+,29+;/m1./s1. The summed E-state index contributed by atoms with van der Waals surface area (Å²) in [5, 5.41) is 23.2. The molecule has 0 unspecified atom stereocenters. The fraction of sp³-hybridized carbons (Fsp3) is 0.750. The van der Waals surface area contributed by atoms with Gasteiger partial charge in [-0.2, -0.15) is 0 Å². The van der Waals surface area contributed by atoms with Gasteiger partial charge in [0, 0.05) is 42.0 Å². The molecule has 4 saturated carbocycles. The first-order valence-electron chi connectivity index (χ1n) is 14.5. The Kier molecular flexibility index (Phi) is 5.55. The van der Waals surface area contributed by atoms with Gasteiger partial charge in [-0.3, -0.25) is 4.90 Å². The minimum atomic E-state index is -0.909. The van der Waals surface area contributed by atoms with Crippen molar-refractivity contribution in [2.75, 3.05) is 20.2 Å². The van der Waals surface area contributed by atoms with Crippen LogP contribution in [0, 0.1) is 22.7 Å². The van der Waals surface area contributed by atoms with Gasteiger partial charge in [0.2, 0.25) is 0 Å². The highest BCUT2D eigenvalue weighted by molar-refractivity contribution is 5.63. The van der Waals surface area contributed by atoms with Crippen molar-refractivity contribution in [1.82, 2.24) is 4.90 Å². The molecule has 2 aliphatic heterocycles. The summed E-state index contributed by atoms with van der Waals surface area (Å²) in [5.74, 6) is 1.80. The first-order valence-corrected chi connectivity index (χ1v) is 14.5. The highest BCUT2D eigenvalue weighted by Gasteiger charge is 2.82. The predicted molar refractivity (Wildman–Crippen MR) is 146 cm³/mol. The molecule has 5 aliphatic carbocycles. The molecule has 2 heterocycles. The molecule has 1 saturated heterocycles. The highest BCUT2D eigenvalue weighted by atomic mass is 16.6. The van der Waals surface area contributed by atoms with Gasteiger partial charge < -0.3 is 19.7 Å². The van der Waals surface area contributed by atoms with Crippen LogP contribution in [0.4, 0.5) is 0 Å². The fourth-order valence-electron chi connectivity index (χ4n) is 9.58. The van der Waals surface area contributed by atoms with Crippen molar-refractivity contribution >= 4 is 0 Å². The van der Waals surface area contributed by atoms with Gasteiger partial charge in [0.15, 0.2) is 11.5 Å². The largest absolute Gasteiger partial charge is 0.504 e. The third kappa shape index (κ3) is 3.03. The Balaban J connectivity index is 0.000000804. The number of nitrogens with zero attached hydrogens (tertiary/aromatic N) is 1. The zero-order valence-corrected chi connectivity index (χ0v) is 23.8. The van der Waals surface area contributed by atoms with Crippen LogP contribution in [-0.2, 0) is 16.6 Å². The van der Waals surface area contributed by atoms with E-state index in [1.54, 1.807) is 6.08 Å². The first kappa shape index (κ1) is 25.7. The quantitative estimate of drug-likeness (QED) is 0.517. The number of aliphatic hydroxyl groups is 1. The van der Waals surface area contributed by atoms with Gasteiger partial charge in [0.05, 0.1) is 5.60 Å². The number of rotatable bonds is 4. The summed E-state index contributed by atoms with van der Waals surface area (Å²) < 4.78 is 13.5. The number of ether oxygens (including phenoxy) is 2. The van der Waals surface area contributed by atoms with Crippen molar-refractivity contribution in [1.29, 1.82) is 0 Å². The minimum Gasteiger partial charge on any atom is -0.504 e. The van der Waals surface area contributed by atoms with E-state index in [2.05, 4.69) is 38.3 Å². The summed E-state index contributed by atoms with van der Waals surface area (Å²) in [7, 11) is 1.83. The van der Waals surface area contributed by atoms with Crippen LogP contribution in [0.15, 0.2) is 24.8 Å². The van der Waals surface area contributed by atoms with Gasteiger partial charge in [-0.1, -0.05) is 32.9 Å². The van der Waals surface area contributed by atoms with E-state index in [1.807, 2.05) is 27.0 Å². The van der Waals surface area contributed by atoms with Crippen LogP contribution < -0.4 is 4.74 Å². The average molecular weight is 510 g/mol. The number of methoxy groups -OCH3 is 1. The average Bonchev–Trinajstić information content (AvgIpc) is 3.58. The maximum Gasteiger partial charge on any atom is 0.165 e. The predicted octanol–water partition coefficient (Wildman–Crippen LogP) is 5.61. The fourth-order valence-corrected chi connectivity index (χ4v) is 9.58. The van der Waals surface area contributed by atoms with Crippen LogP contribution in [0.1, 0.15) is 84.3 Å². The monoisotopic (exact) mass is 509 g/mol. The molecule has 8 rings (SSSR count). The molecular formula is C32H47NO4. The SMILES string of the molecule is C=CC.CO[C@@]12CC[C@@]3(C[C@@H]1[C@](C)(O)C(C)(C)C)[C@H]1Cc4ccc(O)c5c4[C@@]3(CCN1CC1CC1)[C@H]2O5. The van der Waals surface area contributed by atoms with Gasteiger partial charge in [-0.05, 0) is 88.3 Å². The molecule has 0 amide bonds. The molecule has 7 aliphatic rings. The Morgan fingerprint density at radius 2 is 1.89 bits per heavy atom. The zero-order chi connectivity index (χ0) is 26.6. The van der Waals surface area contributed by atoms with Crippen molar-refractivity contribution in [2.45, 2.75) is 108 Å². The molecule has 1 aromatic carbocycles. The Labute approximate surface area is 223 Å². The number of piperidine rings is 1. The van der Waals surface area contributed by atoms with Crippen molar-refractivity contribution in [3.63, 3.8) is 0 Å². The minimum absolute atomic E-state index is 0.0294. The van der Waals surface area contributed by atoms with Crippen LogP contribution in [0.3, 0.4) is 0 Å². The van der Waals surface area contributed by atoms with E-state index in [0.717, 1.165) is 44.6 Å². The van der Waals surface area contributed by atoms with Crippen molar-refractivity contribution in [2.24, 2.45) is 22.7 Å². The number of likely N-dealkylation sites (tertiary alicyclic amines) is 1. The van der Waals surface area contributed by atoms with Gasteiger partial charge in [-0.25, -0.2) is 0 Å². The second-order valence-electron chi connectivity index (χ2n) is 14.2. The molecule has 0 radical (unpaired) electrons. The maximum atomic E-state index is 12.2. The van der Waals surface area contributed by atoms with E-state index in [4.69, 9.17) is 9.47 Å². The molecule has 7 atom stereocenters. The molecule has 5 heteroatoms. The molecule has 2 N–H and O–H groups in total. The van der Waals surface area contributed by atoms with E-state index in [0.29, 0.717) is 11.8 Å². The number of phenols is 1. The second-order valence-corrected chi connectivity index (χ2v) is 14.2. The van der Waals surface area contributed by atoms with Gasteiger partial charge in [0.25, 0.3) is 0 Å².